The van der Waals surface area contributed by atoms with E-state index in [0.717, 1.165) is 6.42 Å². The molecule has 1 unspecified atom stereocenters. The molecule has 2 aromatic rings. The Morgan fingerprint density at radius 3 is 2.56 bits per heavy atom. The zero-order valence-corrected chi connectivity index (χ0v) is 19.2. The Morgan fingerprint density at radius 1 is 1.12 bits per heavy atom. The summed E-state index contributed by atoms with van der Waals surface area (Å²) in [5.74, 6) is -1.19. The number of nitrogens with zero attached hydrogens (tertiary/aromatic N) is 1. The number of nitrogens with one attached hydrogen (secondary N) is 1. The molecular formula is C25H28N2O7. The number of anilines is 1. The van der Waals surface area contributed by atoms with Crippen molar-refractivity contribution in [1.82, 2.24) is 4.90 Å². The normalized spacial score (nSPS) is 15.5. The Morgan fingerprint density at radius 2 is 1.85 bits per heavy atom. The maximum absolute atomic E-state index is 12.4. The van der Waals surface area contributed by atoms with Crippen molar-refractivity contribution < 1.29 is 33.4 Å². The van der Waals surface area contributed by atoms with Crippen molar-refractivity contribution in [3.63, 3.8) is 0 Å². The SMILES string of the molecule is CCCN1CCOC(CC(=O)Nc2ccc(C(=O)OCC(=O)c3ccccc3OC)cc2)C1=O. The largest absolute Gasteiger partial charge is 0.496 e. The molecule has 0 aliphatic carbocycles. The minimum Gasteiger partial charge on any atom is -0.496 e. The molecule has 0 aromatic heterocycles. The van der Waals surface area contributed by atoms with Crippen molar-refractivity contribution in [3.8, 4) is 5.75 Å². The Balaban J connectivity index is 1.50. The lowest BCUT2D eigenvalue weighted by Gasteiger charge is -2.32. The van der Waals surface area contributed by atoms with Gasteiger partial charge in [-0.05, 0) is 42.8 Å². The highest BCUT2D eigenvalue weighted by Crippen LogP contribution is 2.18. The van der Waals surface area contributed by atoms with E-state index >= 15 is 0 Å². The van der Waals surface area contributed by atoms with Gasteiger partial charge < -0.3 is 24.4 Å². The van der Waals surface area contributed by atoms with Crippen molar-refractivity contribution in [2.45, 2.75) is 25.9 Å². The monoisotopic (exact) mass is 468 g/mol. The molecule has 0 bridgehead atoms. The highest BCUT2D eigenvalue weighted by molar-refractivity contribution is 6.01. The smallest absolute Gasteiger partial charge is 0.338 e. The average molecular weight is 469 g/mol. The lowest BCUT2D eigenvalue weighted by Crippen LogP contribution is -2.49. The summed E-state index contributed by atoms with van der Waals surface area (Å²) >= 11 is 0. The molecule has 1 saturated heterocycles. The third kappa shape index (κ3) is 6.41. The number of para-hydroxylation sites is 1. The van der Waals surface area contributed by atoms with Crippen LogP contribution in [0.3, 0.4) is 0 Å². The van der Waals surface area contributed by atoms with E-state index in [9.17, 15) is 19.2 Å². The lowest BCUT2D eigenvalue weighted by molar-refractivity contribution is -0.155. The number of esters is 1. The van der Waals surface area contributed by atoms with Gasteiger partial charge in [-0.25, -0.2) is 4.79 Å². The summed E-state index contributed by atoms with van der Waals surface area (Å²) in [6, 6.07) is 12.7. The summed E-state index contributed by atoms with van der Waals surface area (Å²) in [6.45, 7) is 3.14. The summed E-state index contributed by atoms with van der Waals surface area (Å²) < 4.78 is 15.7. The van der Waals surface area contributed by atoms with E-state index in [2.05, 4.69) is 5.32 Å². The van der Waals surface area contributed by atoms with Gasteiger partial charge >= 0.3 is 5.97 Å². The number of methoxy groups -OCH3 is 1. The van der Waals surface area contributed by atoms with Crippen LogP contribution >= 0.6 is 0 Å². The number of hydrogen-bond donors (Lipinski definition) is 1. The molecule has 1 aliphatic rings. The van der Waals surface area contributed by atoms with E-state index in [0.29, 0.717) is 36.7 Å². The van der Waals surface area contributed by atoms with Crippen LogP contribution in [0, 0.1) is 0 Å². The molecular weight excluding hydrogens is 440 g/mol. The van der Waals surface area contributed by atoms with Gasteiger partial charge in [0, 0.05) is 18.8 Å². The molecule has 0 saturated carbocycles. The topological polar surface area (TPSA) is 111 Å². The second-order valence-electron chi connectivity index (χ2n) is 7.71. The number of benzene rings is 2. The van der Waals surface area contributed by atoms with Gasteiger partial charge in [-0.3, -0.25) is 14.4 Å². The first-order valence-electron chi connectivity index (χ1n) is 11.1. The number of carbonyl (C=O) groups excluding carboxylic acids is 4. The number of carbonyl (C=O) groups is 4. The molecule has 1 aliphatic heterocycles. The van der Waals surface area contributed by atoms with Crippen LogP contribution in [0.15, 0.2) is 48.5 Å². The van der Waals surface area contributed by atoms with Crippen LogP contribution in [0.5, 0.6) is 5.75 Å². The van der Waals surface area contributed by atoms with Crippen molar-refractivity contribution in [2.24, 2.45) is 0 Å². The number of morpholine rings is 1. The predicted octanol–water partition coefficient (Wildman–Crippen LogP) is 2.70. The van der Waals surface area contributed by atoms with Crippen molar-refractivity contribution in [2.75, 3.05) is 38.7 Å². The fraction of sp³-hybridized carbons (Fsp3) is 0.360. The second kappa shape index (κ2) is 11.9. The molecule has 1 N–H and O–H groups in total. The molecule has 2 aromatic carbocycles. The van der Waals surface area contributed by atoms with Gasteiger partial charge in [0.25, 0.3) is 5.91 Å². The first-order chi connectivity index (χ1) is 16.4. The molecule has 2 amide bonds. The molecule has 9 heteroatoms. The maximum Gasteiger partial charge on any atom is 0.338 e. The summed E-state index contributed by atoms with van der Waals surface area (Å²) in [4.78, 5) is 51.1. The molecule has 34 heavy (non-hydrogen) atoms. The fourth-order valence-electron chi connectivity index (χ4n) is 3.57. The number of amides is 2. The number of rotatable bonds is 10. The van der Waals surface area contributed by atoms with Gasteiger partial charge in [0.2, 0.25) is 11.7 Å². The minimum absolute atomic E-state index is 0.0894. The Labute approximate surface area is 198 Å². The number of ketones is 1. The molecule has 1 heterocycles. The summed E-state index contributed by atoms with van der Waals surface area (Å²) in [7, 11) is 1.46. The molecule has 3 rings (SSSR count). The summed E-state index contributed by atoms with van der Waals surface area (Å²) in [5.41, 5.74) is 1.02. The van der Waals surface area contributed by atoms with Crippen LogP contribution in [0.2, 0.25) is 0 Å². The Bertz CT molecular complexity index is 1030. The Kier molecular flexibility index (Phi) is 8.75. The van der Waals surface area contributed by atoms with Gasteiger partial charge in [-0.15, -0.1) is 0 Å². The maximum atomic E-state index is 12.4. The van der Waals surface area contributed by atoms with E-state index in [-0.39, 0.29) is 29.6 Å². The predicted molar refractivity (Wildman–Crippen MR) is 124 cm³/mol. The number of Topliss-reactive ketones (excluding diaryl/α,β-unsaturated/α-hetero) is 1. The molecule has 1 atom stereocenters. The van der Waals surface area contributed by atoms with Gasteiger partial charge in [0.05, 0.1) is 31.3 Å². The molecule has 0 radical (unpaired) electrons. The summed E-state index contributed by atoms with van der Waals surface area (Å²) in [6.07, 6.45) is -0.0441. The van der Waals surface area contributed by atoms with Crippen LogP contribution in [0.4, 0.5) is 5.69 Å². The molecule has 9 nitrogen and oxygen atoms in total. The van der Waals surface area contributed by atoms with Gasteiger partial charge in [0.1, 0.15) is 11.9 Å². The van der Waals surface area contributed by atoms with Gasteiger partial charge in [0.15, 0.2) is 6.61 Å². The van der Waals surface area contributed by atoms with Crippen LogP contribution in [0.25, 0.3) is 0 Å². The summed E-state index contributed by atoms with van der Waals surface area (Å²) in [5, 5.41) is 2.70. The van der Waals surface area contributed by atoms with E-state index in [1.807, 2.05) is 6.92 Å². The van der Waals surface area contributed by atoms with Crippen LogP contribution in [-0.4, -0.2) is 68.0 Å². The standard InChI is InChI=1S/C25H28N2O7/c1-3-12-27-13-14-33-22(24(27)30)15-23(29)26-18-10-8-17(9-11-18)25(31)34-16-20(28)19-6-4-5-7-21(19)32-2/h4-11,22H,3,12-16H2,1-2H3,(H,26,29). The molecule has 0 spiro atoms. The highest BCUT2D eigenvalue weighted by Gasteiger charge is 2.30. The van der Waals surface area contributed by atoms with E-state index < -0.39 is 18.7 Å². The highest BCUT2D eigenvalue weighted by atomic mass is 16.5. The average Bonchev–Trinajstić information content (AvgIpc) is 2.85. The van der Waals surface area contributed by atoms with E-state index in [1.54, 1.807) is 41.3 Å². The second-order valence-corrected chi connectivity index (χ2v) is 7.71. The minimum atomic E-state index is -0.796. The van der Waals surface area contributed by atoms with Crippen LogP contribution in [-0.2, 0) is 19.1 Å². The quantitative estimate of drug-likeness (QED) is 0.422. The molecule has 180 valence electrons. The number of ether oxygens (including phenoxy) is 3. The van der Waals surface area contributed by atoms with Crippen molar-refractivity contribution in [3.05, 3.63) is 59.7 Å². The zero-order chi connectivity index (χ0) is 24.5. The third-order valence-corrected chi connectivity index (χ3v) is 5.28. The zero-order valence-electron chi connectivity index (χ0n) is 19.2. The molecule has 1 fully saturated rings. The van der Waals surface area contributed by atoms with Crippen molar-refractivity contribution in [1.29, 1.82) is 0 Å². The Hall–Kier alpha value is -3.72. The van der Waals surface area contributed by atoms with Gasteiger partial charge in [-0.2, -0.15) is 0 Å². The first-order valence-corrected chi connectivity index (χ1v) is 11.1. The third-order valence-electron chi connectivity index (χ3n) is 5.28. The van der Waals surface area contributed by atoms with Crippen LogP contribution in [0.1, 0.15) is 40.5 Å². The van der Waals surface area contributed by atoms with Gasteiger partial charge in [-0.1, -0.05) is 19.1 Å². The number of hydrogen-bond acceptors (Lipinski definition) is 7. The fourth-order valence-corrected chi connectivity index (χ4v) is 3.57. The van der Waals surface area contributed by atoms with E-state index in [4.69, 9.17) is 14.2 Å². The first kappa shape index (κ1) is 24.9. The van der Waals surface area contributed by atoms with Crippen molar-refractivity contribution >= 4 is 29.3 Å². The van der Waals surface area contributed by atoms with Crippen LogP contribution < -0.4 is 10.1 Å². The lowest BCUT2D eigenvalue weighted by atomic mass is 10.1. The van der Waals surface area contributed by atoms with E-state index in [1.165, 1.54) is 19.2 Å².